The number of hydrogen-bond acceptors (Lipinski definition) is 8. The summed E-state index contributed by atoms with van der Waals surface area (Å²) in [4.78, 5) is 13.1. The summed E-state index contributed by atoms with van der Waals surface area (Å²) in [6.07, 6.45) is 84.0. The van der Waals surface area contributed by atoms with Gasteiger partial charge in [0.05, 0.1) is 25.4 Å². The molecular formula is C77H145NO8. The number of unbranched alkanes of at least 4 members (excludes halogenated alkanes) is 51. The molecular weight excluding hydrogens is 1070 g/mol. The lowest BCUT2D eigenvalue weighted by atomic mass is 9.99. The third-order valence-corrected chi connectivity index (χ3v) is 18.1. The number of nitrogens with one attached hydrogen (secondary N) is 1. The van der Waals surface area contributed by atoms with Crippen LogP contribution in [0.25, 0.3) is 0 Å². The minimum Gasteiger partial charge on any atom is -0.394 e. The smallest absolute Gasteiger partial charge is 0.220 e. The van der Waals surface area contributed by atoms with Gasteiger partial charge in [0, 0.05) is 6.42 Å². The largest absolute Gasteiger partial charge is 0.394 e. The fourth-order valence-corrected chi connectivity index (χ4v) is 12.2. The summed E-state index contributed by atoms with van der Waals surface area (Å²) in [6.45, 7) is 3.82. The Morgan fingerprint density at radius 1 is 0.395 bits per heavy atom. The van der Waals surface area contributed by atoms with Gasteiger partial charge in [-0.05, 0) is 64.2 Å². The Hall–Kier alpha value is -1.85. The van der Waals surface area contributed by atoms with Gasteiger partial charge in [0.1, 0.15) is 24.4 Å². The fraction of sp³-hybridized carbons (Fsp3) is 0.883. The number of hydrogen-bond donors (Lipinski definition) is 6. The van der Waals surface area contributed by atoms with E-state index in [1.807, 2.05) is 6.08 Å². The number of aliphatic hydroxyl groups is 5. The minimum atomic E-state index is -1.57. The fourth-order valence-electron chi connectivity index (χ4n) is 12.2. The second kappa shape index (κ2) is 66.1. The maximum Gasteiger partial charge on any atom is 0.220 e. The summed E-state index contributed by atoms with van der Waals surface area (Å²) >= 11 is 0. The Morgan fingerprint density at radius 3 is 1.05 bits per heavy atom. The van der Waals surface area contributed by atoms with Crippen LogP contribution in [0.15, 0.2) is 48.6 Å². The highest BCUT2D eigenvalue weighted by atomic mass is 16.7. The molecule has 9 nitrogen and oxygen atoms in total. The van der Waals surface area contributed by atoms with Gasteiger partial charge in [-0.15, -0.1) is 0 Å². The van der Waals surface area contributed by atoms with Crippen molar-refractivity contribution >= 4 is 5.91 Å². The van der Waals surface area contributed by atoms with E-state index in [1.165, 1.54) is 315 Å². The van der Waals surface area contributed by atoms with E-state index >= 15 is 0 Å². The predicted octanol–water partition coefficient (Wildman–Crippen LogP) is 21.1. The second-order valence-electron chi connectivity index (χ2n) is 26.4. The Morgan fingerprint density at radius 2 is 0.698 bits per heavy atom. The number of ether oxygens (including phenoxy) is 2. The lowest BCUT2D eigenvalue weighted by molar-refractivity contribution is -0.302. The molecule has 7 unspecified atom stereocenters. The van der Waals surface area contributed by atoms with Crippen LogP contribution >= 0.6 is 0 Å². The van der Waals surface area contributed by atoms with Crippen LogP contribution in [0.3, 0.4) is 0 Å². The normalized spacial score (nSPS) is 18.2. The summed E-state index contributed by atoms with van der Waals surface area (Å²) in [5.41, 5.74) is 0. The highest BCUT2D eigenvalue weighted by molar-refractivity contribution is 5.76. The summed E-state index contributed by atoms with van der Waals surface area (Å²) in [7, 11) is 0. The Labute approximate surface area is 533 Å². The van der Waals surface area contributed by atoms with E-state index in [0.717, 1.165) is 44.9 Å². The van der Waals surface area contributed by atoms with Crippen molar-refractivity contribution in [3.8, 4) is 0 Å². The molecule has 0 aromatic rings. The molecule has 9 heteroatoms. The third-order valence-electron chi connectivity index (χ3n) is 18.1. The summed E-state index contributed by atoms with van der Waals surface area (Å²) in [5, 5.41) is 54.8. The lowest BCUT2D eigenvalue weighted by Crippen LogP contribution is -2.60. The first-order valence-electron chi connectivity index (χ1n) is 37.9. The zero-order valence-electron chi connectivity index (χ0n) is 56.8. The van der Waals surface area contributed by atoms with E-state index in [9.17, 15) is 30.3 Å². The molecule has 0 saturated carbocycles. The van der Waals surface area contributed by atoms with Crippen LogP contribution in [0.2, 0.25) is 0 Å². The van der Waals surface area contributed by atoms with E-state index < -0.39 is 49.5 Å². The van der Waals surface area contributed by atoms with Crippen molar-refractivity contribution in [2.75, 3.05) is 13.2 Å². The number of carbonyl (C=O) groups excluding carboxylic acids is 1. The summed E-state index contributed by atoms with van der Waals surface area (Å²) < 4.78 is 11.3. The van der Waals surface area contributed by atoms with Crippen LogP contribution in [0, 0.1) is 0 Å². The molecule has 1 aliphatic rings. The van der Waals surface area contributed by atoms with Crippen LogP contribution in [-0.2, 0) is 14.3 Å². The van der Waals surface area contributed by atoms with Crippen molar-refractivity contribution in [3.63, 3.8) is 0 Å². The molecule has 1 heterocycles. The summed E-state index contributed by atoms with van der Waals surface area (Å²) in [6, 6.07) is -0.824. The highest BCUT2D eigenvalue weighted by Gasteiger charge is 2.44. The molecule has 506 valence electrons. The zero-order valence-corrected chi connectivity index (χ0v) is 56.8. The molecule has 1 fully saturated rings. The number of allylic oxidation sites excluding steroid dienone is 7. The van der Waals surface area contributed by atoms with Crippen LogP contribution in [0.4, 0.5) is 0 Å². The molecule has 1 aliphatic heterocycles. The van der Waals surface area contributed by atoms with Gasteiger partial charge in [-0.2, -0.15) is 0 Å². The minimum absolute atomic E-state index is 0.181. The van der Waals surface area contributed by atoms with Gasteiger partial charge in [-0.3, -0.25) is 4.79 Å². The predicted molar refractivity (Wildman–Crippen MR) is 369 cm³/mol. The van der Waals surface area contributed by atoms with E-state index in [-0.39, 0.29) is 12.5 Å². The molecule has 0 spiro atoms. The van der Waals surface area contributed by atoms with E-state index in [4.69, 9.17) is 9.47 Å². The van der Waals surface area contributed by atoms with Gasteiger partial charge in [0.2, 0.25) is 5.91 Å². The number of amides is 1. The van der Waals surface area contributed by atoms with Gasteiger partial charge in [-0.25, -0.2) is 0 Å². The molecule has 7 atom stereocenters. The van der Waals surface area contributed by atoms with Gasteiger partial charge in [0.25, 0.3) is 0 Å². The average Bonchev–Trinajstić information content (AvgIpc) is 3.55. The van der Waals surface area contributed by atoms with Crippen LogP contribution in [-0.4, -0.2) is 87.5 Å². The van der Waals surface area contributed by atoms with E-state index in [1.54, 1.807) is 6.08 Å². The molecule has 6 N–H and O–H groups in total. The van der Waals surface area contributed by atoms with Crippen LogP contribution < -0.4 is 5.32 Å². The summed E-state index contributed by atoms with van der Waals surface area (Å²) in [5.74, 6) is -0.181. The van der Waals surface area contributed by atoms with Gasteiger partial charge in [-0.1, -0.05) is 358 Å². The maximum atomic E-state index is 13.1. The van der Waals surface area contributed by atoms with Crippen LogP contribution in [0.5, 0.6) is 0 Å². The van der Waals surface area contributed by atoms with E-state index in [0.29, 0.717) is 6.42 Å². The molecule has 86 heavy (non-hydrogen) atoms. The maximum absolute atomic E-state index is 13.1. The molecule has 0 radical (unpaired) electrons. The van der Waals surface area contributed by atoms with Gasteiger partial charge >= 0.3 is 0 Å². The van der Waals surface area contributed by atoms with Crippen molar-refractivity contribution < 1.29 is 39.8 Å². The molecule has 0 bridgehead atoms. The molecule has 0 aliphatic carbocycles. The first-order valence-corrected chi connectivity index (χ1v) is 37.9. The van der Waals surface area contributed by atoms with Crippen molar-refractivity contribution in [1.82, 2.24) is 5.32 Å². The molecule has 1 rings (SSSR count). The monoisotopic (exact) mass is 1210 g/mol. The Kier molecular flexibility index (Phi) is 63.1. The van der Waals surface area contributed by atoms with Crippen molar-refractivity contribution in [2.24, 2.45) is 0 Å². The number of rotatable bonds is 67. The SMILES string of the molecule is CCCCCCCCCCCCCCCCC/C=C\C/C=C\CCCCCCCCCCCCCCCCCCCC(=O)NC(COC1OC(CO)C(O)C(O)C1O)C(O)/C=C/CC/C=C/CCCCCCCCCCCCCCCCCCCC. The van der Waals surface area contributed by atoms with Gasteiger partial charge in [0.15, 0.2) is 6.29 Å². The van der Waals surface area contributed by atoms with Crippen LogP contribution in [0.1, 0.15) is 380 Å². The highest BCUT2D eigenvalue weighted by Crippen LogP contribution is 2.24. The molecule has 0 aromatic heterocycles. The Balaban J connectivity index is 2.08. The number of carbonyl (C=O) groups is 1. The average molecular weight is 1210 g/mol. The standard InChI is InChI=1S/C77H145NO8/c1-3-5-7-9-11-13-15-17-19-21-23-25-27-29-30-31-32-33-34-35-36-37-38-39-40-41-42-43-45-47-49-51-53-55-57-59-61-63-65-67-73(81)78-70(69-85-77-76(84)75(83)74(82)72(68-79)86-77)71(80)66-64-62-60-58-56-54-52-50-48-46-44-28-26-24-22-20-18-16-14-12-10-8-6-4-2/h32-33,35-36,56,58,64,66,70-72,74-77,79-80,82-84H,3-31,34,37-55,57,59-63,65,67-69H2,1-2H3,(H,78,81)/b33-32-,36-35-,58-56+,66-64+. The topological polar surface area (TPSA) is 149 Å². The number of aliphatic hydroxyl groups excluding tert-OH is 5. The van der Waals surface area contributed by atoms with Crippen molar-refractivity contribution in [3.05, 3.63) is 48.6 Å². The second-order valence-corrected chi connectivity index (χ2v) is 26.4. The molecule has 1 saturated heterocycles. The van der Waals surface area contributed by atoms with Gasteiger partial charge < -0.3 is 40.3 Å². The zero-order chi connectivity index (χ0) is 62.1. The quantitative estimate of drug-likeness (QED) is 0.0261. The van der Waals surface area contributed by atoms with Crippen molar-refractivity contribution in [1.29, 1.82) is 0 Å². The molecule has 0 aromatic carbocycles. The first kappa shape index (κ1) is 82.2. The van der Waals surface area contributed by atoms with E-state index in [2.05, 4.69) is 55.6 Å². The Bertz CT molecular complexity index is 1500. The van der Waals surface area contributed by atoms with Crippen molar-refractivity contribution in [2.45, 2.75) is 423 Å². The third kappa shape index (κ3) is 53.9. The molecule has 1 amide bonds. The first-order chi connectivity index (χ1) is 42.3. The lowest BCUT2D eigenvalue weighted by Gasteiger charge is -2.40.